The maximum Gasteiger partial charge on any atom is 0.219 e. The molecule has 1 aromatic carbocycles. The van der Waals surface area contributed by atoms with Crippen molar-refractivity contribution in [2.45, 2.75) is 51.2 Å². The zero-order valence-corrected chi connectivity index (χ0v) is 19.1. The fourth-order valence-corrected chi connectivity index (χ4v) is 4.31. The lowest BCUT2D eigenvalue weighted by Gasteiger charge is -2.27. The van der Waals surface area contributed by atoms with Gasteiger partial charge in [-0.3, -0.25) is 4.68 Å². The summed E-state index contributed by atoms with van der Waals surface area (Å²) in [6.07, 6.45) is 11.1. The van der Waals surface area contributed by atoms with Crippen molar-refractivity contribution in [3.63, 3.8) is 0 Å². The van der Waals surface area contributed by atoms with E-state index < -0.39 is 5.60 Å². The second-order valence-electron chi connectivity index (χ2n) is 9.66. The average Bonchev–Trinajstić information content (AvgIpc) is 3.35. The molecule has 0 bridgehead atoms. The predicted molar refractivity (Wildman–Crippen MR) is 125 cm³/mol. The molecule has 0 amide bonds. The normalized spacial score (nSPS) is 16.0. The summed E-state index contributed by atoms with van der Waals surface area (Å²) >= 11 is 0. The van der Waals surface area contributed by atoms with Gasteiger partial charge in [0.2, 0.25) is 11.8 Å². The first-order chi connectivity index (χ1) is 15.7. The van der Waals surface area contributed by atoms with Gasteiger partial charge in [-0.2, -0.15) is 5.10 Å². The van der Waals surface area contributed by atoms with E-state index in [1.54, 1.807) is 43.4 Å². The van der Waals surface area contributed by atoms with Crippen molar-refractivity contribution in [3.8, 4) is 22.4 Å². The molecule has 1 saturated carbocycles. The number of hydrogen-bond donors (Lipinski definition) is 2. The molecule has 8 nitrogen and oxygen atoms in total. The van der Waals surface area contributed by atoms with Gasteiger partial charge in [0.1, 0.15) is 12.0 Å². The summed E-state index contributed by atoms with van der Waals surface area (Å²) < 4.78 is 7.77. The summed E-state index contributed by atoms with van der Waals surface area (Å²) in [7, 11) is 0. The molecule has 0 radical (unpaired) electrons. The van der Waals surface area contributed by atoms with E-state index in [2.05, 4.69) is 46.3 Å². The molecule has 3 N–H and O–H groups in total. The Hall–Kier alpha value is -3.52. The summed E-state index contributed by atoms with van der Waals surface area (Å²) in [5, 5.41) is 14.4. The molecule has 1 aliphatic carbocycles. The molecule has 1 atom stereocenters. The summed E-state index contributed by atoms with van der Waals surface area (Å²) in [4.78, 5) is 13.0. The van der Waals surface area contributed by atoms with Gasteiger partial charge in [-0.05, 0) is 50.7 Å². The van der Waals surface area contributed by atoms with Crippen LogP contribution in [0.25, 0.3) is 22.4 Å². The minimum Gasteiger partial charge on any atom is -0.447 e. The SMILES string of the molecule is CC(C)(O)Cn1cc(-c2coc(C(C)(c3ccc(-c4cnc(N)nc4)cc3)C3CC3)n2)cn1. The fourth-order valence-electron chi connectivity index (χ4n) is 4.31. The van der Waals surface area contributed by atoms with Gasteiger partial charge in [0, 0.05) is 29.7 Å². The van der Waals surface area contributed by atoms with E-state index in [4.69, 9.17) is 15.1 Å². The highest BCUT2D eigenvalue weighted by atomic mass is 16.3. The first kappa shape index (κ1) is 21.3. The van der Waals surface area contributed by atoms with Crippen LogP contribution in [0.2, 0.25) is 0 Å². The zero-order valence-electron chi connectivity index (χ0n) is 19.1. The Balaban J connectivity index is 1.43. The summed E-state index contributed by atoms with van der Waals surface area (Å²) in [5.74, 6) is 1.45. The highest BCUT2D eigenvalue weighted by molar-refractivity contribution is 5.63. The van der Waals surface area contributed by atoms with E-state index in [9.17, 15) is 5.11 Å². The summed E-state index contributed by atoms with van der Waals surface area (Å²) in [6, 6.07) is 8.43. The minimum absolute atomic E-state index is 0.266. The highest BCUT2D eigenvalue weighted by Gasteiger charge is 2.47. The summed E-state index contributed by atoms with van der Waals surface area (Å²) in [5.41, 5.74) is 9.17. The monoisotopic (exact) mass is 444 g/mol. The smallest absolute Gasteiger partial charge is 0.219 e. The lowest BCUT2D eigenvalue weighted by molar-refractivity contribution is 0.0577. The standard InChI is InChI=1S/C25H28N6O2/c1-24(2,32)15-31-13-18(12-29-31)21-14-33-22(30-21)25(3,20-8-9-20)19-6-4-16(5-7-19)17-10-27-23(26)28-11-17/h4-7,10-14,20,32H,8-9,15H2,1-3H3,(H2,26,27,28). The largest absolute Gasteiger partial charge is 0.447 e. The lowest BCUT2D eigenvalue weighted by atomic mass is 9.77. The van der Waals surface area contributed by atoms with E-state index >= 15 is 0 Å². The Labute approximate surface area is 192 Å². The average molecular weight is 445 g/mol. The number of hydrogen-bond acceptors (Lipinski definition) is 7. The van der Waals surface area contributed by atoms with E-state index in [1.165, 1.54) is 0 Å². The van der Waals surface area contributed by atoms with Gasteiger partial charge in [0.25, 0.3) is 0 Å². The number of nitrogens with two attached hydrogens (primary N) is 1. The van der Waals surface area contributed by atoms with Crippen LogP contribution in [0.15, 0.2) is 59.7 Å². The van der Waals surface area contributed by atoms with Crippen LogP contribution in [0.3, 0.4) is 0 Å². The van der Waals surface area contributed by atoms with Crippen molar-refractivity contribution < 1.29 is 9.52 Å². The third kappa shape index (κ3) is 4.26. The van der Waals surface area contributed by atoms with Gasteiger partial charge in [-0.25, -0.2) is 15.0 Å². The Morgan fingerprint density at radius 1 is 1.03 bits per heavy atom. The molecule has 170 valence electrons. The Bertz CT molecular complexity index is 1250. The van der Waals surface area contributed by atoms with Crippen molar-refractivity contribution in [3.05, 3.63) is 66.8 Å². The van der Waals surface area contributed by atoms with Crippen molar-refractivity contribution >= 4 is 5.95 Å². The van der Waals surface area contributed by atoms with Crippen LogP contribution in [0.5, 0.6) is 0 Å². The molecule has 1 unspecified atom stereocenters. The molecule has 33 heavy (non-hydrogen) atoms. The predicted octanol–water partition coefficient (Wildman–Crippen LogP) is 4.06. The first-order valence-corrected chi connectivity index (χ1v) is 11.1. The van der Waals surface area contributed by atoms with Crippen LogP contribution in [-0.4, -0.2) is 35.4 Å². The molecular weight excluding hydrogens is 416 g/mol. The fraction of sp³-hybridized carbons (Fsp3) is 0.360. The third-order valence-corrected chi connectivity index (χ3v) is 6.31. The number of aromatic nitrogens is 5. The van der Waals surface area contributed by atoms with Crippen LogP contribution in [0, 0.1) is 5.92 Å². The van der Waals surface area contributed by atoms with Crippen LogP contribution in [0.4, 0.5) is 5.95 Å². The van der Waals surface area contributed by atoms with Gasteiger partial charge < -0.3 is 15.3 Å². The Morgan fingerprint density at radius 3 is 2.36 bits per heavy atom. The molecule has 0 spiro atoms. The van der Waals surface area contributed by atoms with E-state index in [0.29, 0.717) is 18.4 Å². The van der Waals surface area contributed by atoms with Crippen molar-refractivity contribution in [2.24, 2.45) is 5.92 Å². The molecule has 1 fully saturated rings. The quantitative estimate of drug-likeness (QED) is 0.441. The topological polar surface area (TPSA) is 116 Å². The van der Waals surface area contributed by atoms with Crippen molar-refractivity contribution in [1.29, 1.82) is 0 Å². The van der Waals surface area contributed by atoms with Gasteiger partial charge in [0.05, 0.1) is 23.8 Å². The van der Waals surface area contributed by atoms with Gasteiger partial charge >= 0.3 is 0 Å². The van der Waals surface area contributed by atoms with Crippen LogP contribution >= 0.6 is 0 Å². The number of aliphatic hydroxyl groups is 1. The molecular formula is C25H28N6O2. The third-order valence-electron chi connectivity index (χ3n) is 6.31. The molecule has 4 aromatic rings. The summed E-state index contributed by atoms with van der Waals surface area (Å²) in [6.45, 7) is 6.13. The molecule has 3 heterocycles. The number of anilines is 1. The van der Waals surface area contributed by atoms with E-state index in [1.807, 2.05) is 6.20 Å². The highest BCUT2D eigenvalue weighted by Crippen LogP contribution is 2.51. The number of oxazole rings is 1. The van der Waals surface area contributed by atoms with Crippen LogP contribution < -0.4 is 5.73 Å². The van der Waals surface area contributed by atoms with Gasteiger partial charge in [-0.1, -0.05) is 24.3 Å². The Morgan fingerprint density at radius 2 is 1.73 bits per heavy atom. The number of benzene rings is 1. The number of nitrogens with zero attached hydrogens (tertiary/aromatic N) is 5. The maximum atomic E-state index is 10.1. The van der Waals surface area contributed by atoms with Crippen LogP contribution in [-0.2, 0) is 12.0 Å². The Kier molecular flexibility index (Phi) is 5.05. The van der Waals surface area contributed by atoms with E-state index in [0.717, 1.165) is 40.8 Å². The minimum atomic E-state index is -0.840. The second-order valence-corrected chi connectivity index (χ2v) is 9.66. The molecule has 3 aromatic heterocycles. The number of nitrogen functional groups attached to an aromatic ring is 1. The molecule has 8 heteroatoms. The second kappa shape index (κ2) is 7.81. The van der Waals surface area contributed by atoms with Crippen LogP contribution in [0.1, 0.15) is 45.1 Å². The van der Waals surface area contributed by atoms with Gasteiger partial charge in [0.15, 0.2) is 0 Å². The number of rotatable bonds is 7. The van der Waals surface area contributed by atoms with Crippen molar-refractivity contribution in [1.82, 2.24) is 24.7 Å². The molecule has 0 aliphatic heterocycles. The van der Waals surface area contributed by atoms with E-state index in [-0.39, 0.29) is 11.4 Å². The maximum absolute atomic E-state index is 10.1. The molecule has 5 rings (SSSR count). The lowest BCUT2D eigenvalue weighted by Crippen LogP contribution is -2.26. The first-order valence-electron chi connectivity index (χ1n) is 11.1. The molecule has 1 aliphatic rings. The van der Waals surface area contributed by atoms with Gasteiger partial charge in [-0.15, -0.1) is 0 Å². The zero-order chi connectivity index (χ0) is 23.2. The van der Waals surface area contributed by atoms with Crippen molar-refractivity contribution in [2.75, 3.05) is 5.73 Å². The molecule has 0 saturated heterocycles.